The first-order chi connectivity index (χ1) is 14.3. The summed E-state index contributed by atoms with van der Waals surface area (Å²) >= 11 is 0. The molecule has 0 aliphatic carbocycles. The van der Waals surface area contributed by atoms with Crippen LogP contribution in [0.2, 0.25) is 0 Å². The Kier molecular flexibility index (Phi) is 6.42. The fraction of sp³-hybridized carbons (Fsp3) is 0.174. The SMILES string of the molecule is COc1ccc(S(=O)(=O)Nc2cccc(C(=O)N(C)Cc3ccc(C)cc3)c2)cc1. The molecule has 0 aliphatic heterocycles. The van der Waals surface area contributed by atoms with Crippen molar-refractivity contribution in [3.8, 4) is 5.75 Å². The quantitative estimate of drug-likeness (QED) is 0.620. The van der Waals surface area contributed by atoms with Crippen molar-refractivity contribution < 1.29 is 17.9 Å². The van der Waals surface area contributed by atoms with E-state index < -0.39 is 10.0 Å². The van der Waals surface area contributed by atoms with E-state index in [1.165, 1.54) is 25.3 Å². The molecule has 6 nitrogen and oxygen atoms in total. The molecule has 0 spiro atoms. The van der Waals surface area contributed by atoms with Crippen molar-refractivity contribution in [3.63, 3.8) is 0 Å². The minimum absolute atomic E-state index is 0.108. The summed E-state index contributed by atoms with van der Waals surface area (Å²) in [5, 5.41) is 0. The lowest BCUT2D eigenvalue weighted by Crippen LogP contribution is -2.26. The number of aryl methyl sites for hydroxylation is 1. The van der Waals surface area contributed by atoms with Crippen LogP contribution in [0, 0.1) is 6.92 Å². The van der Waals surface area contributed by atoms with E-state index in [0.29, 0.717) is 23.5 Å². The lowest BCUT2D eigenvalue weighted by Gasteiger charge is -2.18. The number of sulfonamides is 1. The number of methoxy groups -OCH3 is 1. The molecule has 0 aliphatic rings. The van der Waals surface area contributed by atoms with Crippen molar-refractivity contribution in [3.05, 3.63) is 89.5 Å². The Morgan fingerprint density at radius 2 is 1.67 bits per heavy atom. The van der Waals surface area contributed by atoms with Crippen molar-refractivity contribution in [2.45, 2.75) is 18.4 Å². The molecule has 0 bridgehead atoms. The van der Waals surface area contributed by atoms with E-state index in [9.17, 15) is 13.2 Å². The van der Waals surface area contributed by atoms with Gasteiger partial charge >= 0.3 is 0 Å². The molecular formula is C23H24N2O4S. The van der Waals surface area contributed by atoms with Crippen LogP contribution < -0.4 is 9.46 Å². The van der Waals surface area contributed by atoms with Gasteiger partial charge in [-0.05, 0) is 55.0 Å². The second-order valence-electron chi connectivity index (χ2n) is 7.01. The van der Waals surface area contributed by atoms with Crippen LogP contribution in [-0.2, 0) is 16.6 Å². The van der Waals surface area contributed by atoms with Crippen molar-refractivity contribution in [2.24, 2.45) is 0 Å². The van der Waals surface area contributed by atoms with Gasteiger partial charge in [0.2, 0.25) is 0 Å². The molecule has 1 N–H and O–H groups in total. The Morgan fingerprint density at radius 1 is 1.00 bits per heavy atom. The van der Waals surface area contributed by atoms with E-state index in [4.69, 9.17) is 4.74 Å². The predicted molar refractivity (Wildman–Crippen MR) is 117 cm³/mol. The molecule has 0 fully saturated rings. The second kappa shape index (κ2) is 9.00. The van der Waals surface area contributed by atoms with E-state index in [2.05, 4.69) is 4.72 Å². The van der Waals surface area contributed by atoms with Gasteiger partial charge in [0.25, 0.3) is 15.9 Å². The van der Waals surface area contributed by atoms with E-state index in [0.717, 1.165) is 11.1 Å². The van der Waals surface area contributed by atoms with Crippen LogP contribution in [0.5, 0.6) is 5.75 Å². The third-order valence-corrected chi connectivity index (χ3v) is 6.02. The summed E-state index contributed by atoms with van der Waals surface area (Å²) in [5.74, 6) is 0.374. The van der Waals surface area contributed by atoms with Gasteiger partial charge in [0.1, 0.15) is 5.75 Å². The highest BCUT2D eigenvalue weighted by molar-refractivity contribution is 7.92. The summed E-state index contributed by atoms with van der Waals surface area (Å²) in [7, 11) is -0.551. The summed E-state index contributed by atoms with van der Waals surface area (Å²) in [6.07, 6.45) is 0. The minimum atomic E-state index is -3.78. The number of hydrogen-bond donors (Lipinski definition) is 1. The Labute approximate surface area is 177 Å². The first kappa shape index (κ1) is 21.4. The molecule has 3 aromatic carbocycles. The molecule has 0 atom stereocenters. The molecule has 1 amide bonds. The zero-order valence-electron chi connectivity index (χ0n) is 17.1. The Morgan fingerprint density at radius 3 is 2.30 bits per heavy atom. The maximum Gasteiger partial charge on any atom is 0.261 e. The molecule has 156 valence electrons. The number of anilines is 1. The van der Waals surface area contributed by atoms with Gasteiger partial charge in [-0.1, -0.05) is 35.9 Å². The number of amides is 1. The largest absolute Gasteiger partial charge is 0.497 e. The molecule has 0 radical (unpaired) electrons. The topological polar surface area (TPSA) is 75.7 Å². The van der Waals surface area contributed by atoms with Crippen LogP contribution >= 0.6 is 0 Å². The summed E-state index contributed by atoms with van der Waals surface area (Å²) in [6, 6.07) is 20.5. The highest BCUT2D eigenvalue weighted by atomic mass is 32.2. The molecule has 0 unspecified atom stereocenters. The van der Waals surface area contributed by atoms with Crippen LogP contribution in [0.4, 0.5) is 5.69 Å². The van der Waals surface area contributed by atoms with Gasteiger partial charge in [-0.3, -0.25) is 9.52 Å². The second-order valence-corrected chi connectivity index (χ2v) is 8.69. The van der Waals surface area contributed by atoms with Gasteiger partial charge in [0.15, 0.2) is 0 Å². The maximum absolute atomic E-state index is 12.8. The van der Waals surface area contributed by atoms with Crippen LogP contribution in [0.25, 0.3) is 0 Å². The summed E-state index contributed by atoms with van der Waals surface area (Å²) in [5.41, 5.74) is 2.90. The van der Waals surface area contributed by atoms with E-state index in [-0.39, 0.29) is 10.8 Å². The number of nitrogens with one attached hydrogen (secondary N) is 1. The van der Waals surface area contributed by atoms with Crippen LogP contribution in [0.15, 0.2) is 77.7 Å². The molecule has 7 heteroatoms. The van der Waals surface area contributed by atoms with Crippen LogP contribution in [0.1, 0.15) is 21.5 Å². The van der Waals surface area contributed by atoms with Gasteiger partial charge in [-0.2, -0.15) is 0 Å². The summed E-state index contributed by atoms with van der Waals surface area (Å²) < 4.78 is 32.9. The third kappa shape index (κ3) is 5.18. The first-order valence-corrected chi connectivity index (χ1v) is 10.8. The van der Waals surface area contributed by atoms with Crippen molar-refractivity contribution in [1.29, 1.82) is 0 Å². The normalized spacial score (nSPS) is 11.0. The van der Waals surface area contributed by atoms with E-state index in [1.807, 2.05) is 31.2 Å². The zero-order valence-corrected chi connectivity index (χ0v) is 17.9. The molecule has 3 rings (SSSR count). The fourth-order valence-electron chi connectivity index (χ4n) is 2.94. The first-order valence-electron chi connectivity index (χ1n) is 9.36. The lowest BCUT2D eigenvalue weighted by molar-refractivity contribution is 0.0785. The molecule has 3 aromatic rings. The average Bonchev–Trinajstić information content (AvgIpc) is 2.74. The summed E-state index contributed by atoms with van der Waals surface area (Å²) in [4.78, 5) is 14.5. The Balaban J connectivity index is 1.74. The third-order valence-electron chi connectivity index (χ3n) is 4.62. The van der Waals surface area contributed by atoms with Gasteiger partial charge < -0.3 is 9.64 Å². The summed E-state index contributed by atoms with van der Waals surface area (Å²) in [6.45, 7) is 2.47. The fourth-order valence-corrected chi connectivity index (χ4v) is 3.99. The van der Waals surface area contributed by atoms with E-state index in [1.54, 1.807) is 42.3 Å². The lowest BCUT2D eigenvalue weighted by atomic mass is 10.1. The average molecular weight is 425 g/mol. The highest BCUT2D eigenvalue weighted by Crippen LogP contribution is 2.20. The smallest absolute Gasteiger partial charge is 0.261 e. The monoisotopic (exact) mass is 424 g/mol. The van der Waals surface area contributed by atoms with Gasteiger partial charge in [-0.25, -0.2) is 8.42 Å². The van der Waals surface area contributed by atoms with E-state index >= 15 is 0 Å². The number of ether oxygens (including phenoxy) is 1. The number of benzene rings is 3. The molecule has 0 aromatic heterocycles. The number of rotatable bonds is 7. The maximum atomic E-state index is 12.8. The molecular weight excluding hydrogens is 400 g/mol. The van der Waals surface area contributed by atoms with Gasteiger partial charge in [0.05, 0.1) is 12.0 Å². The van der Waals surface area contributed by atoms with Gasteiger partial charge in [-0.15, -0.1) is 0 Å². The molecule has 0 heterocycles. The standard InChI is InChI=1S/C23H24N2O4S/c1-17-7-9-18(10-8-17)16-25(2)23(26)19-5-4-6-20(15-19)24-30(27,28)22-13-11-21(29-3)12-14-22/h4-15,24H,16H2,1-3H3. The zero-order chi connectivity index (χ0) is 21.7. The number of carbonyl (C=O) groups excluding carboxylic acids is 1. The van der Waals surface area contributed by atoms with Gasteiger partial charge in [0, 0.05) is 24.8 Å². The molecule has 30 heavy (non-hydrogen) atoms. The Bertz CT molecular complexity index is 1120. The Hall–Kier alpha value is -3.32. The van der Waals surface area contributed by atoms with Crippen molar-refractivity contribution in [1.82, 2.24) is 4.90 Å². The van der Waals surface area contributed by atoms with Crippen LogP contribution in [0.3, 0.4) is 0 Å². The number of hydrogen-bond acceptors (Lipinski definition) is 4. The van der Waals surface area contributed by atoms with Crippen molar-refractivity contribution >= 4 is 21.6 Å². The highest BCUT2D eigenvalue weighted by Gasteiger charge is 2.17. The predicted octanol–water partition coefficient (Wildman–Crippen LogP) is 4.08. The number of carbonyl (C=O) groups is 1. The minimum Gasteiger partial charge on any atom is -0.497 e. The molecule has 0 saturated heterocycles. The number of nitrogens with zero attached hydrogens (tertiary/aromatic N) is 1. The van der Waals surface area contributed by atoms with Crippen molar-refractivity contribution in [2.75, 3.05) is 18.9 Å². The van der Waals surface area contributed by atoms with Crippen LogP contribution in [-0.4, -0.2) is 33.4 Å². The molecule has 0 saturated carbocycles.